The Kier molecular flexibility index (Phi) is 2.61. The molecule has 5 nitrogen and oxygen atoms in total. The number of aryl methyl sites for hydroxylation is 1. The average molecular weight is 223 g/mol. The van der Waals surface area contributed by atoms with Crippen molar-refractivity contribution in [1.29, 1.82) is 0 Å². The van der Waals surface area contributed by atoms with E-state index in [0.29, 0.717) is 5.82 Å². The second kappa shape index (κ2) is 3.92. The number of pyridine rings is 1. The molecule has 0 spiro atoms. The first-order valence-corrected chi connectivity index (χ1v) is 5.36. The van der Waals surface area contributed by atoms with Gasteiger partial charge in [0.25, 0.3) is 0 Å². The van der Waals surface area contributed by atoms with Crippen LogP contribution in [0, 0.1) is 6.92 Å². The molecular formula is C9H9N3O2S. The van der Waals surface area contributed by atoms with E-state index in [2.05, 4.69) is 10.1 Å². The van der Waals surface area contributed by atoms with E-state index in [0.717, 1.165) is 5.56 Å². The Labute approximate surface area is 89.1 Å². The Morgan fingerprint density at radius 1 is 1.53 bits per heavy atom. The predicted octanol–water partition coefficient (Wildman–Crippen LogP) is 1.16. The molecule has 2 rings (SSSR count). The fraction of sp³-hybridized carbons (Fsp3) is 0.111. The van der Waals surface area contributed by atoms with E-state index in [-0.39, 0.29) is 4.90 Å². The third-order valence-corrected chi connectivity index (χ3v) is 2.51. The zero-order chi connectivity index (χ0) is 10.8. The summed E-state index contributed by atoms with van der Waals surface area (Å²) in [4.78, 5) is 4.36. The maximum absolute atomic E-state index is 10.7. The van der Waals surface area contributed by atoms with E-state index in [4.69, 9.17) is 4.55 Å². The van der Waals surface area contributed by atoms with Gasteiger partial charge in [-0.3, -0.25) is 0 Å². The second-order valence-corrected chi connectivity index (χ2v) is 4.03. The van der Waals surface area contributed by atoms with Crippen molar-refractivity contribution < 1.29 is 8.76 Å². The second-order valence-electron chi connectivity index (χ2n) is 3.06. The van der Waals surface area contributed by atoms with Crippen LogP contribution < -0.4 is 0 Å². The van der Waals surface area contributed by atoms with Gasteiger partial charge in [-0.15, -0.1) is 0 Å². The maximum Gasteiger partial charge on any atom is 0.189 e. The Morgan fingerprint density at radius 3 is 2.93 bits per heavy atom. The van der Waals surface area contributed by atoms with Crippen molar-refractivity contribution in [3.05, 3.63) is 36.3 Å². The van der Waals surface area contributed by atoms with Gasteiger partial charge in [0.05, 0.1) is 12.4 Å². The quantitative estimate of drug-likeness (QED) is 0.776. The van der Waals surface area contributed by atoms with Gasteiger partial charge < -0.3 is 4.55 Å². The predicted molar refractivity (Wildman–Crippen MR) is 55.1 cm³/mol. The lowest BCUT2D eigenvalue weighted by atomic mass is 10.3. The molecule has 0 fully saturated rings. The Hall–Kier alpha value is -1.53. The van der Waals surface area contributed by atoms with Gasteiger partial charge in [-0.1, -0.05) is 0 Å². The normalized spacial score (nSPS) is 12.7. The molecule has 0 amide bonds. The van der Waals surface area contributed by atoms with E-state index in [9.17, 15) is 4.21 Å². The smallest absolute Gasteiger partial charge is 0.189 e. The summed E-state index contributed by atoms with van der Waals surface area (Å²) >= 11 is -2.00. The number of rotatable bonds is 2. The summed E-state index contributed by atoms with van der Waals surface area (Å²) in [6.45, 7) is 1.94. The van der Waals surface area contributed by atoms with Crippen LogP contribution in [0.4, 0.5) is 0 Å². The summed E-state index contributed by atoms with van der Waals surface area (Å²) in [5.41, 5.74) is 1.06. The van der Waals surface area contributed by atoms with Crippen LogP contribution >= 0.6 is 0 Å². The van der Waals surface area contributed by atoms with Gasteiger partial charge in [0, 0.05) is 6.20 Å². The van der Waals surface area contributed by atoms with Crippen LogP contribution in [0.1, 0.15) is 5.56 Å². The van der Waals surface area contributed by atoms with Crippen molar-refractivity contribution in [2.24, 2.45) is 0 Å². The molecule has 78 valence electrons. The van der Waals surface area contributed by atoms with Gasteiger partial charge in [-0.25, -0.2) is 13.9 Å². The molecule has 1 atom stereocenters. The van der Waals surface area contributed by atoms with Crippen molar-refractivity contribution in [3.63, 3.8) is 0 Å². The molecule has 1 unspecified atom stereocenters. The van der Waals surface area contributed by atoms with Gasteiger partial charge in [-0.2, -0.15) is 5.10 Å². The molecule has 0 aliphatic carbocycles. The Balaban J connectivity index is 2.41. The molecule has 2 aromatic rings. The van der Waals surface area contributed by atoms with Crippen molar-refractivity contribution in [2.75, 3.05) is 0 Å². The maximum atomic E-state index is 10.7. The first-order valence-electron chi connectivity index (χ1n) is 4.25. The number of hydrogen-bond donors (Lipinski definition) is 1. The van der Waals surface area contributed by atoms with E-state index in [1.54, 1.807) is 6.20 Å². The summed E-state index contributed by atoms with van der Waals surface area (Å²) in [5, 5.41) is 3.95. The summed E-state index contributed by atoms with van der Waals surface area (Å²) < 4.78 is 21.1. The molecule has 2 aromatic heterocycles. The van der Waals surface area contributed by atoms with Crippen molar-refractivity contribution in [2.45, 2.75) is 11.8 Å². The third-order valence-electron chi connectivity index (χ3n) is 1.90. The van der Waals surface area contributed by atoms with Crippen LogP contribution in [0.15, 0.2) is 35.6 Å². The molecule has 0 aliphatic rings. The van der Waals surface area contributed by atoms with Gasteiger partial charge >= 0.3 is 0 Å². The summed E-state index contributed by atoms with van der Waals surface area (Å²) in [6.07, 6.45) is 4.50. The van der Waals surface area contributed by atoms with Crippen LogP contribution in [0.2, 0.25) is 0 Å². The van der Waals surface area contributed by atoms with Gasteiger partial charge in [-0.05, 0) is 24.6 Å². The van der Waals surface area contributed by atoms with E-state index in [1.807, 2.05) is 19.1 Å². The Morgan fingerprint density at radius 2 is 2.33 bits per heavy atom. The van der Waals surface area contributed by atoms with Crippen LogP contribution in [-0.4, -0.2) is 23.5 Å². The summed E-state index contributed by atoms with van der Waals surface area (Å²) in [7, 11) is 0. The number of aromatic nitrogens is 3. The van der Waals surface area contributed by atoms with Crippen molar-refractivity contribution in [3.8, 4) is 5.82 Å². The van der Waals surface area contributed by atoms with Crippen LogP contribution in [0.3, 0.4) is 0 Å². The molecule has 0 radical (unpaired) electrons. The van der Waals surface area contributed by atoms with Crippen molar-refractivity contribution in [1.82, 2.24) is 14.8 Å². The first kappa shape index (κ1) is 10.0. The largest absolute Gasteiger partial charge is 0.302 e. The molecule has 0 aromatic carbocycles. The van der Waals surface area contributed by atoms with Crippen LogP contribution in [0.5, 0.6) is 0 Å². The number of nitrogens with zero attached hydrogens (tertiary/aromatic N) is 3. The zero-order valence-corrected chi connectivity index (χ0v) is 8.81. The lowest BCUT2D eigenvalue weighted by molar-refractivity contribution is 0.564. The number of hydrogen-bond acceptors (Lipinski definition) is 3. The summed E-state index contributed by atoms with van der Waals surface area (Å²) in [6, 6.07) is 3.72. The van der Waals surface area contributed by atoms with Crippen molar-refractivity contribution >= 4 is 11.1 Å². The lowest BCUT2D eigenvalue weighted by Gasteiger charge is -1.99. The molecule has 6 heteroatoms. The monoisotopic (exact) mass is 223 g/mol. The highest BCUT2D eigenvalue weighted by molar-refractivity contribution is 7.79. The standard InChI is InChI=1S/C9H9N3O2S/c1-7-2-3-10-9(4-7)12-6-8(5-11-12)15(13)14/h2-6H,1H3,(H,13,14). The first-order chi connectivity index (χ1) is 7.16. The van der Waals surface area contributed by atoms with E-state index >= 15 is 0 Å². The molecule has 0 bridgehead atoms. The molecule has 0 saturated carbocycles. The average Bonchev–Trinajstić information content (AvgIpc) is 2.66. The fourth-order valence-electron chi connectivity index (χ4n) is 1.17. The van der Waals surface area contributed by atoms with E-state index in [1.165, 1.54) is 17.1 Å². The highest BCUT2D eigenvalue weighted by Crippen LogP contribution is 2.08. The van der Waals surface area contributed by atoms with Gasteiger partial charge in [0.2, 0.25) is 0 Å². The minimum absolute atomic E-state index is 0.262. The highest BCUT2D eigenvalue weighted by Gasteiger charge is 2.05. The van der Waals surface area contributed by atoms with Crippen LogP contribution in [-0.2, 0) is 11.1 Å². The van der Waals surface area contributed by atoms with Gasteiger partial charge in [0.1, 0.15) is 4.90 Å². The molecular weight excluding hydrogens is 214 g/mol. The lowest BCUT2D eigenvalue weighted by Crippen LogP contribution is -1.97. The highest BCUT2D eigenvalue weighted by atomic mass is 32.2. The topological polar surface area (TPSA) is 68.0 Å². The molecule has 2 heterocycles. The zero-order valence-electron chi connectivity index (χ0n) is 7.99. The minimum atomic E-state index is -2.00. The molecule has 0 aliphatic heterocycles. The Bertz CT molecular complexity index is 510. The SMILES string of the molecule is Cc1ccnc(-n2cc(S(=O)O)cn2)c1. The fourth-order valence-corrected chi connectivity index (χ4v) is 1.49. The molecule has 15 heavy (non-hydrogen) atoms. The molecule has 1 N–H and O–H groups in total. The molecule has 0 saturated heterocycles. The van der Waals surface area contributed by atoms with Crippen LogP contribution in [0.25, 0.3) is 5.82 Å². The van der Waals surface area contributed by atoms with E-state index < -0.39 is 11.1 Å². The van der Waals surface area contributed by atoms with Gasteiger partial charge in [0.15, 0.2) is 16.9 Å². The third kappa shape index (κ3) is 2.11. The minimum Gasteiger partial charge on any atom is -0.302 e. The summed E-state index contributed by atoms with van der Waals surface area (Å²) in [5.74, 6) is 0.631.